The number of nitrogens with one attached hydrogen (secondary N) is 1. The largest absolute Gasteiger partial charge is 0.322 e. The summed E-state index contributed by atoms with van der Waals surface area (Å²) >= 11 is 2.04. The molecule has 2 nitrogen and oxygen atoms in total. The molecule has 0 unspecified atom stereocenters. The van der Waals surface area contributed by atoms with Crippen LogP contribution in [0.1, 0.15) is 10.4 Å². The van der Waals surface area contributed by atoms with Gasteiger partial charge >= 0.3 is 0 Å². The molecule has 2 aromatic carbocycles. The molecule has 2 aromatic rings. The fraction of sp³-hybridized carbons (Fsp3) is 0. The quantitative estimate of drug-likeness (QED) is 0.623. The van der Waals surface area contributed by atoms with Gasteiger partial charge in [-0.2, -0.15) is 0 Å². The SMILES string of the molecule is O=C(Nc1cc(F)c(F)c(F)c1)c1cccc(I)c1. The molecule has 0 bridgehead atoms. The molecule has 2 rings (SSSR count). The Morgan fingerprint density at radius 2 is 1.68 bits per heavy atom. The van der Waals surface area contributed by atoms with Crippen molar-refractivity contribution < 1.29 is 18.0 Å². The molecule has 0 aromatic heterocycles. The molecule has 0 spiro atoms. The zero-order valence-corrected chi connectivity index (χ0v) is 11.5. The summed E-state index contributed by atoms with van der Waals surface area (Å²) < 4.78 is 39.6. The Balaban J connectivity index is 2.24. The third-order valence-electron chi connectivity index (χ3n) is 2.33. The third-order valence-corrected chi connectivity index (χ3v) is 3.00. The molecular formula is C13H7F3INO. The average molecular weight is 377 g/mol. The molecule has 0 aliphatic rings. The van der Waals surface area contributed by atoms with Gasteiger partial charge in [0.2, 0.25) is 0 Å². The number of rotatable bonds is 2. The summed E-state index contributed by atoms with van der Waals surface area (Å²) in [5.74, 6) is -4.79. The van der Waals surface area contributed by atoms with Crippen molar-refractivity contribution in [1.29, 1.82) is 0 Å². The first-order chi connectivity index (χ1) is 8.97. The van der Waals surface area contributed by atoms with Gasteiger partial charge in [-0.05, 0) is 40.8 Å². The number of anilines is 1. The first-order valence-electron chi connectivity index (χ1n) is 5.19. The summed E-state index contributed by atoms with van der Waals surface area (Å²) in [6.45, 7) is 0. The van der Waals surface area contributed by atoms with Crippen LogP contribution in [0.3, 0.4) is 0 Å². The van der Waals surface area contributed by atoms with E-state index in [1.807, 2.05) is 22.6 Å². The van der Waals surface area contributed by atoms with Gasteiger partial charge < -0.3 is 5.32 Å². The summed E-state index contributed by atoms with van der Waals surface area (Å²) in [6, 6.07) is 8.12. The Morgan fingerprint density at radius 1 is 1.05 bits per heavy atom. The number of benzene rings is 2. The molecule has 1 amide bonds. The highest BCUT2D eigenvalue weighted by Gasteiger charge is 2.13. The molecule has 0 aliphatic carbocycles. The lowest BCUT2D eigenvalue weighted by Gasteiger charge is -2.06. The third kappa shape index (κ3) is 3.25. The van der Waals surface area contributed by atoms with E-state index in [9.17, 15) is 18.0 Å². The number of halogens is 4. The molecule has 0 atom stereocenters. The van der Waals surface area contributed by atoms with Gasteiger partial charge in [-0.1, -0.05) is 6.07 Å². The van der Waals surface area contributed by atoms with Gasteiger partial charge in [0.25, 0.3) is 5.91 Å². The number of carbonyl (C=O) groups is 1. The van der Waals surface area contributed by atoms with Crippen LogP contribution < -0.4 is 5.32 Å². The van der Waals surface area contributed by atoms with Crippen LogP contribution in [0.5, 0.6) is 0 Å². The molecule has 0 saturated heterocycles. The summed E-state index contributed by atoms with van der Waals surface area (Å²) in [6.07, 6.45) is 0. The van der Waals surface area contributed by atoms with E-state index in [-0.39, 0.29) is 5.69 Å². The van der Waals surface area contributed by atoms with Crippen molar-refractivity contribution in [3.63, 3.8) is 0 Å². The minimum Gasteiger partial charge on any atom is -0.322 e. The Bertz CT molecular complexity index is 623. The van der Waals surface area contributed by atoms with E-state index in [2.05, 4.69) is 5.32 Å². The highest BCUT2D eigenvalue weighted by molar-refractivity contribution is 14.1. The predicted octanol–water partition coefficient (Wildman–Crippen LogP) is 3.96. The minimum atomic E-state index is -1.56. The molecule has 0 saturated carbocycles. The highest BCUT2D eigenvalue weighted by atomic mass is 127. The smallest absolute Gasteiger partial charge is 0.255 e. The van der Waals surface area contributed by atoms with E-state index in [4.69, 9.17) is 0 Å². The van der Waals surface area contributed by atoms with Gasteiger partial charge in [0, 0.05) is 27.0 Å². The maximum absolute atomic E-state index is 13.0. The molecule has 0 radical (unpaired) electrons. The lowest BCUT2D eigenvalue weighted by molar-refractivity contribution is 0.102. The topological polar surface area (TPSA) is 29.1 Å². The van der Waals surface area contributed by atoms with Crippen LogP contribution in [0.2, 0.25) is 0 Å². The summed E-state index contributed by atoms with van der Waals surface area (Å²) in [4.78, 5) is 11.8. The Labute approximate surface area is 120 Å². The molecule has 0 fully saturated rings. The molecular weight excluding hydrogens is 370 g/mol. The number of carbonyl (C=O) groups excluding carboxylic acids is 1. The van der Waals surface area contributed by atoms with Crippen molar-refractivity contribution in [1.82, 2.24) is 0 Å². The van der Waals surface area contributed by atoms with Crippen LogP contribution in [0.4, 0.5) is 18.9 Å². The van der Waals surface area contributed by atoms with E-state index >= 15 is 0 Å². The maximum Gasteiger partial charge on any atom is 0.255 e. The molecule has 1 N–H and O–H groups in total. The van der Waals surface area contributed by atoms with Crippen molar-refractivity contribution in [2.45, 2.75) is 0 Å². The normalized spacial score (nSPS) is 10.3. The minimum absolute atomic E-state index is 0.139. The van der Waals surface area contributed by atoms with Crippen LogP contribution in [-0.2, 0) is 0 Å². The van der Waals surface area contributed by atoms with Gasteiger partial charge in [0.05, 0.1) is 0 Å². The summed E-state index contributed by atoms with van der Waals surface area (Å²) in [7, 11) is 0. The standard InChI is InChI=1S/C13H7F3INO/c14-10-5-9(6-11(15)12(10)16)18-13(19)7-2-1-3-8(17)4-7/h1-6H,(H,18,19). The summed E-state index contributed by atoms with van der Waals surface area (Å²) in [5, 5.41) is 2.31. The van der Waals surface area contributed by atoms with E-state index in [0.29, 0.717) is 5.56 Å². The van der Waals surface area contributed by atoms with Gasteiger partial charge in [-0.25, -0.2) is 13.2 Å². The fourth-order valence-electron chi connectivity index (χ4n) is 1.46. The molecule has 0 aliphatic heterocycles. The lowest BCUT2D eigenvalue weighted by Crippen LogP contribution is -2.12. The first-order valence-corrected chi connectivity index (χ1v) is 6.26. The molecule has 6 heteroatoms. The Kier molecular flexibility index (Phi) is 4.08. The van der Waals surface area contributed by atoms with Crippen LogP contribution in [0, 0.1) is 21.0 Å². The van der Waals surface area contributed by atoms with Crippen molar-refractivity contribution in [2.24, 2.45) is 0 Å². The molecule has 98 valence electrons. The predicted molar refractivity (Wildman–Crippen MR) is 73.4 cm³/mol. The van der Waals surface area contributed by atoms with E-state index in [0.717, 1.165) is 15.7 Å². The van der Waals surface area contributed by atoms with E-state index < -0.39 is 23.4 Å². The second kappa shape index (κ2) is 5.60. The van der Waals surface area contributed by atoms with E-state index in [1.54, 1.807) is 24.3 Å². The zero-order chi connectivity index (χ0) is 14.0. The van der Waals surface area contributed by atoms with Gasteiger partial charge in [0.15, 0.2) is 17.5 Å². The lowest BCUT2D eigenvalue weighted by atomic mass is 10.2. The van der Waals surface area contributed by atoms with Crippen LogP contribution in [0.25, 0.3) is 0 Å². The zero-order valence-electron chi connectivity index (χ0n) is 9.38. The highest BCUT2D eigenvalue weighted by Crippen LogP contribution is 2.18. The Hall–Kier alpha value is -1.57. The van der Waals surface area contributed by atoms with Crippen molar-refractivity contribution in [3.05, 3.63) is 63.0 Å². The first kappa shape index (κ1) is 13.9. The fourth-order valence-corrected chi connectivity index (χ4v) is 2.00. The maximum atomic E-state index is 13.0. The van der Waals surface area contributed by atoms with Crippen molar-refractivity contribution in [3.8, 4) is 0 Å². The number of amides is 1. The second-order valence-corrected chi connectivity index (χ2v) is 4.96. The monoisotopic (exact) mass is 377 g/mol. The number of hydrogen-bond acceptors (Lipinski definition) is 1. The summed E-state index contributed by atoms with van der Waals surface area (Å²) in [5.41, 5.74) is 0.206. The van der Waals surface area contributed by atoms with Gasteiger partial charge in [-0.3, -0.25) is 4.79 Å². The van der Waals surface area contributed by atoms with Crippen LogP contribution in [0.15, 0.2) is 36.4 Å². The van der Waals surface area contributed by atoms with E-state index in [1.165, 1.54) is 0 Å². The molecule has 0 heterocycles. The Morgan fingerprint density at radius 3 is 2.26 bits per heavy atom. The van der Waals surface area contributed by atoms with Crippen LogP contribution in [-0.4, -0.2) is 5.91 Å². The van der Waals surface area contributed by atoms with Crippen molar-refractivity contribution >= 4 is 34.2 Å². The second-order valence-electron chi connectivity index (χ2n) is 3.72. The average Bonchev–Trinajstić information content (AvgIpc) is 2.36. The van der Waals surface area contributed by atoms with Gasteiger partial charge in [0.1, 0.15) is 0 Å². The van der Waals surface area contributed by atoms with Crippen molar-refractivity contribution in [2.75, 3.05) is 5.32 Å². The van der Waals surface area contributed by atoms with Gasteiger partial charge in [-0.15, -0.1) is 0 Å². The van der Waals surface area contributed by atoms with Crippen LogP contribution >= 0.6 is 22.6 Å². The number of hydrogen-bond donors (Lipinski definition) is 1. The molecule has 19 heavy (non-hydrogen) atoms.